The van der Waals surface area contributed by atoms with E-state index in [0.29, 0.717) is 24.5 Å². The Kier molecular flexibility index (Phi) is 7.41. The minimum absolute atomic E-state index is 0.00190. The van der Waals surface area contributed by atoms with Gasteiger partial charge in [0, 0.05) is 19.2 Å². The third-order valence-corrected chi connectivity index (χ3v) is 5.33. The standard InChI is InChI=1S/C22H30N4O3/c1-3-19(18-9-5-4-6-10-18)22(28)26(14-13-25-11-7-8-12-25)16-21(27)23-20-15-17(2)29-24-20/h4-6,9-10,15,19H,3,7-8,11-14,16H2,1-2H3,(H,23,24,27). The van der Waals surface area contributed by atoms with E-state index in [2.05, 4.69) is 15.4 Å². The Morgan fingerprint density at radius 3 is 2.59 bits per heavy atom. The van der Waals surface area contributed by atoms with Gasteiger partial charge in [-0.15, -0.1) is 0 Å². The van der Waals surface area contributed by atoms with Crippen molar-refractivity contribution in [2.24, 2.45) is 0 Å². The summed E-state index contributed by atoms with van der Waals surface area (Å²) in [7, 11) is 0. The Hall–Kier alpha value is -2.67. The Labute approximate surface area is 172 Å². The van der Waals surface area contributed by atoms with Gasteiger partial charge in [-0.2, -0.15) is 0 Å². The number of nitrogens with zero attached hydrogens (tertiary/aromatic N) is 3. The van der Waals surface area contributed by atoms with Gasteiger partial charge < -0.3 is 19.6 Å². The quantitative estimate of drug-likeness (QED) is 0.702. The van der Waals surface area contributed by atoms with Crippen molar-refractivity contribution in [2.75, 3.05) is 38.0 Å². The topological polar surface area (TPSA) is 78.7 Å². The van der Waals surface area contributed by atoms with Crippen LogP contribution in [0, 0.1) is 6.92 Å². The highest BCUT2D eigenvalue weighted by Crippen LogP contribution is 2.22. The van der Waals surface area contributed by atoms with Crippen molar-refractivity contribution in [3.05, 3.63) is 47.7 Å². The normalized spacial score (nSPS) is 15.2. The van der Waals surface area contributed by atoms with Crippen molar-refractivity contribution in [2.45, 2.75) is 39.0 Å². The van der Waals surface area contributed by atoms with Gasteiger partial charge in [-0.05, 0) is 44.8 Å². The van der Waals surface area contributed by atoms with Crippen molar-refractivity contribution in [1.82, 2.24) is 15.0 Å². The summed E-state index contributed by atoms with van der Waals surface area (Å²) in [5.74, 6) is 0.462. The number of likely N-dealkylation sites (tertiary alicyclic amines) is 1. The molecule has 1 saturated heterocycles. The van der Waals surface area contributed by atoms with E-state index in [1.54, 1.807) is 17.9 Å². The molecule has 1 aromatic heterocycles. The third-order valence-electron chi connectivity index (χ3n) is 5.33. The summed E-state index contributed by atoms with van der Waals surface area (Å²) in [4.78, 5) is 30.0. The monoisotopic (exact) mass is 398 g/mol. The van der Waals surface area contributed by atoms with Crippen molar-refractivity contribution < 1.29 is 14.1 Å². The lowest BCUT2D eigenvalue weighted by molar-refractivity contribution is -0.136. The van der Waals surface area contributed by atoms with Gasteiger partial charge in [-0.1, -0.05) is 42.4 Å². The molecule has 7 heteroatoms. The van der Waals surface area contributed by atoms with E-state index in [0.717, 1.165) is 25.2 Å². The molecule has 1 aromatic carbocycles. The van der Waals surface area contributed by atoms with Crippen LogP contribution in [0.1, 0.15) is 43.4 Å². The van der Waals surface area contributed by atoms with E-state index < -0.39 is 0 Å². The highest BCUT2D eigenvalue weighted by molar-refractivity contribution is 5.95. The van der Waals surface area contributed by atoms with Crippen LogP contribution < -0.4 is 5.32 Å². The lowest BCUT2D eigenvalue weighted by Gasteiger charge is -2.28. The molecule has 0 bridgehead atoms. The maximum Gasteiger partial charge on any atom is 0.245 e. The fraction of sp³-hybridized carbons (Fsp3) is 0.500. The summed E-state index contributed by atoms with van der Waals surface area (Å²) in [5, 5.41) is 6.52. The van der Waals surface area contributed by atoms with Gasteiger partial charge in [0.1, 0.15) is 5.76 Å². The first kappa shape index (κ1) is 21.0. The molecule has 29 heavy (non-hydrogen) atoms. The van der Waals surface area contributed by atoms with Gasteiger partial charge in [-0.3, -0.25) is 9.59 Å². The summed E-state index contributed by atoms with van der Waals surface area (Å²) in [6, 6.07) is 11.4. The fourth-order valence-corrected chi connectivity index (χ4v) is 3.78. The predicted molar refractivity (Wildman–Crippen MR) is 112 cm³/mol. The summed E-state index contributed by atoms with van der Waals surface area (Å²) in [6.45, 7) is 7.21. The van der Waals surface area contributed by atoms with Gasteiger partial charge in [0.05, 0.1) is 12.5 Å². The highest BCUT2D eigenvalue weighted by Gasteiger charge is 2.27. The molecule has 0 saturated carbocycles. The van der Waals surface area contributed by atoms with Crippen molar-refractivity contribution in [3.8, 4) is 0 Å². The molecular formula is C22H30N4O3. The van der Waals surface area contributed by atoms with Gasteiger partial charge >= 0.3 is 0 Å². The number of aryl methyl sites for hydroxylation is 1. The second-order valence-electron chi connectivity index (χ2n) is 7.55. The second kappa shape index (κ2) is 10.2. The van der Waals surface area contributed by atoms with Crippen LogP contribution in [0.4, 0.5) is 5.82 Å². The van der Waals surface area contributed by atoms with E-state index >= 15 is 0 Å². The summed E-state index contributed by atoms with van der Waals surface area (Å²) >= 11 is 0. The molecule has 1 atom stereocenters. The molecule has 2 amide bonds. The zero-order valence-electron chi connectivity index (χ0n) is 17.3. The summed E-state index contributed by atoms with van der Waals surface area (Å²) < 4.78 is 4.99. The van der Waals surface area contributed by atoms with Crippen LogP contribution in [-0.4, -0.2) is 59.5 Å². The molecule has 0 spiro atoms. The van der Waals surface area contributed by atoms with E-state index in [1.807, 2.05) is 37.3 Å². The minimum atomic E-state index is -0.268. The maximum absolute atomic E-state index is 13.4. The number of anilines is 1. The molecule has 2 heterocycles. The van der Waals surface area contributed by atoms with Crippen molar-refractivity contribution in [1.29, 1.82) is 0 Å². The molecule has 1 unspecified atom stereocenters. The number of benzene rings is 1. The van der Waals surface area contributed by atoms with Crippen LogP contribution in [0.3, 0.4) is 0 Å². The van der Waals surface area contributed by atoms with Gasteiger partial charge in [0.2, 0.25) is 11.8 Å². The second-order valence-corrected chi connectivity index (χ2v) is 7.55. The van der Waals surface area contributed by atoms with E-state index in [-0.39, 0.29) is 24.3 Å². The van der Waals surface area contributed by atoms with Crippen LogP contribution in [0.5, 0.6) is 0 Å². The first-order valence-corrected chi connectivity index (χ1v) is 10.4. The molecule has 1 fully saturated rings. The van der Waals surface area contributed by atoms with Crippen LogP contribution in [0.25, 0.3) is 0 Å². The Morgan fingerprint density at radius 2 is 1.97 bits per heavy atom. The fourth-order valence-electron chi connectivity index (χ4n) is 3.78. The van der Waals surface area contributed by atoms with Crippen LogP contribution >= 0.6 is 0 Å². The Balaban J connectivity index is 1.69. The largest absolute Gasteiger partial charge is 0.360 e. The summed E-state index contributed by atoms with van der Waals surface area (Å²) in [6.07, 6.45) is 3.08. The first-order valence-electron chi connectivity index (χ1n) is 10.4. The molecule has 1 N–H and O–H groups in total. The number of hydrogen-bond acceptors (Lipinski definition) is 5. The van der Waals surface area contributed by atoms with Gasteiger partial charge in [0.15, 0.2) is 5.82 Å². The van der Waals surface area contributed by atoms with Crippen LogP contribution in [-0.2, 0) is 9.59 Å². The molecule has 2 aromatic rings. The average Bonchev–Trinajstić information content (AvgIpc) is 3.38. The number of carbonyl (C=O) groups is 2. The molecule has 0 aliphatic carbocycles. The van der Waals surface area contributed by atoms with Crippen molar-refractivity contribution in [3.63, 3.8) is 0 Å². The number of nitrogens with one attached hydrogen (secondary N) is 1. The average molecular weight is 399 g/mol. The van der Waals surface area contributed by atoms with E-state index in [1.165, 1.54) is 12.8 Å². The predicted octanol–water partition coefficient (Wildman–Crippen LogP) is 3.04. The number of rotatable bonds is 9. The number of aromatic nitrogens is 1. The summed E-state index contributed by atoms with van der Waals surface area (Å²) in [5.41, 5.74) is 0.985. The van der Waals surface area contributed by atoms with Crippen LogP contribution in [0.2, 0.25) is 0 Å². The SMILES string of the molecule is CCC(C(=O)N(CCN1CCCC1)CC(=O)Nc1cc(C)on1)c1ccccc1. The Bertz CT molecular complexity index is 799. The highest BCUT2D eigenvalue weighted by atomic mass is 16.5. The van der Waals surface area contributed by atoms with Gasteiger partial charge in [-0.25, -0.2) is 0 Å². The zero-order valence-corrected chi connectivity index (χ0v) is 17.3. The van der Waals surface area contributed by atoms with Crippen molar-refractivity contribution >= 4 is 17.6 Å². The number of hydrogen-bond donors (Lipinski definition) is 1. The molecule has 7 nitrogen and oxygen atoms in total. The molecule has 1 aliphatic heterocycles. The van der Waals surface area contributed by atoms with Crippen LogP contribution in [0.15, 0.2) is 40.9 Å². The third kappa shape index (κ3) is 5.90. The van der Waals surface area contributed by atoms with E-state index in [4.69, 9.17) is 4.52 Å². The zero-order chi connectivity index (χ0) is 20.6. The molecule has 1 aliphatic rings. The smallest absolute Gasteiger partial charge is 0.245 e. The maximum atomic E-state index is 13.4. The first-order chi connectivity index (χ1) is 14.1. The minimum Gasteiger partial charge on any atom is -0.360 e. The number of carbonyl (C=O) groups excluding carboxylic acids is 2. The lowest BCUT2D eigenvalue weighted by Crippen LogP contribution is -2.44. The molecule has 156 valence electrons. The molecular weight excluding hydrogens is 368 g/mol. The lowest BCUT2D eigenvalue weighted by atomic mass is 9.95. The molecule has 3 rings (SSSR count). The van der Waals surface area contributed by atoms with E-state index in [9.17, 15) is 9.59 Å². The molecule has 0 radical (unpaired) electrons. The van der Waals surface area contributed by atoms with Gasteiger partial charge in [0.25, 0.3) is 0 Å². The number of amides is 2. The Morgan fingerprint density at radius 1 is 1.24 bits per heavy atom.